The lowest BCUT2D eigenvalue weighted by Gasteiger charge is -2.17. The number of nitrogens with two attached hydrogens (primary N) is 1. The molecule has 0 aliphatic heterocycles. The van der Waals surface area contributed by atoms with E-state index in [0.29, 0.717) is 11.3 Å². The quantitative estimate of drug-likeness (QED) is 0.438. The summed E-state index contributed by atoms with van der Waals surface area (Å²) in [5.74, 6) is -0.746. The van der Waals surface area contributed by atoms with Crippen LogP contribution in [0.3, 0.4) is 0 Å². The Hall–Kier alpha value is -3.94. The molecule has 3 aromatic rings. The van der Waals surface area contributed by atoms with Crippen LogP contribution in [0.2, 0.25) is 0 Å². The van der Waals surface area contributed by atoms with Gasteiger partial charge in [0.15, 0.2) is 0 Å². The number of benzene rings is 3. The lowest BCUT2D eigenvalue weighted by Crippen LogP contribution is -2.46. The zero-order valence-electron chi connectivity index (χ0n) is 16.3. The number of carbonyl (C=O) groups excluding carboxylic acids is 2. The fraction of sp³-hybridized carbons (Fsp3) is 0.182. The third kappa shape index (κ3) is 4.91. The molecule has 3 aromatic carbocycles. The summed E-state index contributed by atoms with van der Waals surface area (Å²) in [5, 5.41) is 15.7. The number of primary amides is 1. The molecule has 0 saturated carbocycles. The number of nitrogens with one attached hydrogen (secondary N) is 1. The number of non-ortho nitro benzene ring substituents is 1. The van der Waals surface area contributed by atoms with Crippen molar-refractivity contribution in [3.8, 4) is 5.75 Å². The van der Waals surface area contributed by atoms with Crippen molar-refractivity contribution in [2.75, 3.05) is 7.11 Å². The molecule has 1 atom stereocenters. The highest BCUT2D eigenvalue weighted by atomic mass is 16.6. The second-order valence-corrected chi connectivity index (χ2v) is 6.84. The number of hydrogen-bond acceptors (Lipinski definition) is 5. The summed E-state index contributed by atoms with van der Waals surface area (Å²) in [7, 11) is 1.42. The Balaban J connectivity index is 1.75. The van der Waals surface area contributed by atoms with Crippen LogP contribution in [-0.2, 0) is 22.4 Å². The zero-order valence-corrected chi connectivity index (χ0v) is 16.3. The van der Waals surface area contributed by atoms with E-state index in [2.05, 4.69) is 5.32 Å². The Morgan fingerprint density at radius 3 is 2.50 bits per heavy atom. The molecule has 8 heteroatoms. The number of nitro benzene ring substituents is 1. The molecule has 0 bridgehead atoms. The predicted octanol–water partition coefficient (Wildman–Crippen LogP) is 2.51. The Morgan fingerprint density at radius 1 is 1.10 bits per heavy atom. The molecular formula is C22H21N3O5. The van der Waals surface area contributed by atoms with Crippen molar-refractivity contribution in [1.82, 2.24) is 5.32 Å². The molecule has 154 valence electrons. The number of nitro groups is 1. The molecule has 0 saturated heterocycles. The van der Waals surface area contributed by atoms with Gasteiger partial charge in [0.1, 0.15) is 11.8 Å². The molecule has 30 heavy (non-hydrogen) atoms. The van der Waals surface area contributed by atoms with Crippen molar-refractivity contribution in [3.05, 3.63) is 81.9 Å². The number of rotatable bonds is 8. The Labute approximate surface area is 172 Å². The second-order valence-electron chi connectivity index (χ2n) is 6.84. The van der Waals surface area contributed by atoms with Crippen molar-refractivity contribution < 1.29 is 19.2 Å². The molecule has 0 fully saturated rings. The maximum Gasteiger partial charge on any atom is 0.269 e. The molecule has 2 amide bonds. The number of amides is 2. The van der Waals surface area contributed by atoms with E-state index in [1.54, 1.807) is 0 Å². The standard InChI is InChI=1S/C22H21N3O5/c1-30-20-9-8-18(25(28)29)12-17(20)13-19(22(23)27)24-21(26)11-14-6-7-15-4-2-3-5-16(15)10-14/h2-10,12,19H,11,13H2,1H3,(H2,23,27)(H,24,26)/t19-/m0/s1. The average Bonchev–Trinajstić information content (AvgIpc) is 2.72. The van der Waals surface area contributed by atoms with E-state index in [4.69, 9.17) is 10.5 Å². The highest BCUT2D eigenvalue weighted by molar-refractivity contribution is 5.89. The maximum absolute atomic E-state index is 12.5. The normalized spacial score (nSPS) is 11.6. The van der Waals surface area contributed by atoms with Gasteiger partial charge in [-0.1, -0.05) is 42.5 Å². The van der Waals surface area contributed by atoms with Crippen molar-refractivity contribution >= 4 is 28.3 Å². The SMILES string of the molecule is COc1ccc([N+](=O)[O-])cc1C[C@H](NC(=O)Cc1ccc2ccccc2c1)C(N)=O. The number of hydrogen-bond donors (Lipinski definition) is 2. The van der Waals surface area contributed by atoms with Gasteiger partial charge in [0, 0.05) is 24.1 Å². The smallest absolute Gasteiger partial charge is 0.269 e. The summed E-state index contributed by atoms with van der Waals surface area (Å²) in [6.07, 6.45) is 0.0460. The van der Waals surface area contributed by atoms with Crippen LogP contribution in [0.15, 0.2) is 60.7 Å². The van der Waals surface area contributed by atoms with Gasteiger partial charge in [0.25, 0.3) is 5.69 Å². The highest BCUT2D eigenvalue weighted by Crippen LogP contribution is 2.25. The molecule has 0 heterocycles. The molecule has 3 rings (SSSR count). The van der Waals surface area contributed by atoms with Crippen LogP contribution in [0.5, 0.6) is 5.75 Å². The fourth-order valence-corrected chi connectivity index (χ4v) is 3.26. The topological polar surface area (TPSA) is 125 Å². The molecule has 0 aromatic heterocycles. The molecule has 0 aliphatic rings. The van der Waals surface area contributed by atoms with Crippen LogP contribution in [-0.4, -0.2) is 29.9 Å². The van der Waals surface area contributed by atoms with Gasteiger partial charge >= 0.3 is 0 Å². The molecule has 0 unspecified atom stereocenters. The van der Waals surface area contributed by atoms with E-state index in [0.717, 1.165) is 16.3 Å². The highest BCUT2D eigenvalue weighted by Gasteiger charge is 2.22. The number of methoxy groups -OCH3 is 1. The van der Waals surface area contributed by atoms with Gasteiger partial charge in [0.2, 0.25) is 11.8 Å². The first-order valence-corrected chi connectivity index (χ1v) is 9.25. The van der Waals surface area contributed by atoms with Crippen molar-refractivity contribution in [1.29, 1.82) is 0 Å². The van der Waals surface area contributed by atoms with E-state index in [1.807, 2.05) is 42.5 Å². The van der Waals surface area contributed by atoms with Gasteiger partial charge in [-0.15, -0.1) is 0 Å². The first-order chi connectivity index (χ1) is 14.4. The minimum atomic E-state index is -1.03. The zero-order chi connectivity index (χ0) is 21.7. The minimum absolute atomic E-state index is 0.0242. The molecule has 3 N–H and O–H groups in total. The summed E-state index contributed by atoms with van der Waals surface area (Å²) in [6.45, 7) is 0. The van der Waals surface area contributed by atoms with Crippen molar-refractivity contribution in [2.24, 2.45) is 5.73 Å². The van der Waals surface area contributed by atoms with Crippen LogP contribution < -0.4 is 15.8 Å². The number of nitrogens with zero attached hydrogens (tertiary/aromatic N) is 1. The van der Waals surface area contributed by atoms with Crippen molar-refractivity contribution in [3.63, 3.8) is 0 Å². The van der Waals surface area contributed by atoms with E-state index < -0.39 is 16.9 Å². The predicted molar refractivity (Wildman–Crippen MR) is 112 cm³/mol. The maximum atomic E-state index is 12.5. The molecule has 0 spiro atoms. The molecular weight excluding hydrogens is 386 g/mol. The third-order valence-electron chi connectivity index (χ3n) is 4.76. The summed E-state index contributed by atoms with van der Waals surface area (Å²) in [4.78, 5) is 35.0. The van der Waals surface area contributed by atoms with Crippen LogP contribution in [0, 0.1) is 10.1 Å². The van der Waals surface area contributed by atoms with Gasteiger partial charge in [-0.3, -0.25) is 19.7 Å². The molecule has 8 nitrogen and oxygen atoms in total. The van der Waals surface area contributed by atoms with Gasteiger partial charge in [0.05, 0.1) is 18.5 Å². The van der Waals surface area contributed by atoms with Crippen LogP contribution in [0.4, 0.5) is 5.69 Å². The van der Waals surface area contributed by atoms with Crippen molar-refractivity contribution in [2.45, 2.75) is 18.9 Å². The van der Waals surface area contributed by atoms with E-state index in [-0.39, 0.29) is 24.4 Å². The summed E-state index contributed by atoms with van der Waals surface area (Å²) < 4.78 is 5.21. The van der Waals surface area contributed by atoms with E-state index in [9.17, 15) is 19.7 Å². The van der Waals surface area contributed by atoms with Crippen LogP contribution >= 0.6 is 0 Å². The van der Waals surface area contributed by atoms with Gasteiger partial charge in [-0.05, 0) is 22.4 Å². The lowest BCUT2D eigenvalue weighted by molar-refractivity contribution is -0.384. The Kier molecular flexibility index (Phi) is 6.26. The summed E-state index contributed by atoms with van der Waals surface area (Å²) in [6, 6.07) is 16.5. The van der Waals surface area contributed by atoms with Gasteiger partial charge in [-0.2, -0.15) is 0 Å². The average molecular weight is 407 g/mol. The summed E-state index contributed by atoms with van der Waals surface area (Å²) in [5.41, 5.74) is 6.52. The third-order valence-corrected chi connectivity index (χ3v) is 4.76. The molecule has 0 aliphatic carbocycles. The Morgan fingerprint density at radius 2 is 1.83 bits per heavy atom. The minimum Gasteiger partial charge on any atom is -0.496 e. The van der Waals surface area contributed by atoms with Crippen LogP contribution in [0.25, 0.3) is 10.8 Å². The molecule has 0 radical (unpaired) electrons. The Bertz CT molecular complexity index is 1110. The fourth-order valence-electron chi connectivity index (χ4n) is 3.26. The number of fused-ring (bicyclic) bond motifs is 1. The van der Waals surface area contributed by atoms with Gasteiger partial charge in [-0.25, -0.2) is 0 Å². The number of carbonyl (C=O) groups is 2. The largest absolute Gasteiger partial charge is 0.496 e. The first-order valence-electron chi connectivity index (χ1n) is 9.25. The van der Waals surface area contributed by atoms with E-state index in [1.165, 1.54) is 25.3 Å². The second kappa shape index (κ2) is 9.04. The monoisotopic (exact) mass is 407 g/mol. The summed E-state index contributed by atoms with van der Waals surface area (Å²) >= 11 is 0. The van der Waals surface area contributed by atoms with Gasteiger partial charge < -0.3 is 15.8 Å². The van der Waals surface area contributed by atoms with E-state index >= 15 is 0 Å². The number of ether oxygens (including phenoxy) is 1. The van der Waals surface area contributed by atoms with Crippen LogP contribution in [0.1, 0.15) is 11.1 Å². The lowest BCUT2D eigenvalue weighted by atomic mass is 10.0. The first kappa shape index (κ1) is 20.8.